The van der Waals surface area contributed by atoms with Gasteiger partial charge >= 0.3 is 18.2 Å². The van der Waals surface area contributed by atoms with Gasteiger partial charge in [0.2, 0.25) is 0 Å². The lowest BCUT2D eigenvalue weighted by atomic mass is 10.0. The zero-order valence-corrected chi connectivity index (χ0v) is 18.8. The Bertz CT molecular complexity index is 837. The van der Waals surface area contributed by atoms with E-state index in [1.54, 1.807) is 32.6 Å². The minimum Gasteiger partial charge on any atom is -0.461 e. The number of halogens is 1. The summed E-state index contributed by atoms with van der Waals surface area (Å²) in [5.41, 5.74) is -2.15. The van der Waals surface area contributed by atoms with Crippen molar-refractivity contribution in [2.24, 2.45) is 11.8 Å². The van der Waals surface area contributed by atoms with Crippen molar-refractivity contribution in [3.05, 3.63) is 17.5 Å². The second-order valence-corrected chi connectivity index (χ2v) is 9.29. The van der Waals surface area contributed by atoms with E-state index in [0.717, 1.165) is 0 Å². The molecule has 1 aromatic rings. The summed E-state index contributed by atoms with van der Waals surface area (Å²) in [4.78, 5) is 37.4. The summed E-state index contributed by atoms with van der Waals surface area (Å²) in [5, 5.41) is 5.99. The van der Waals surface area contributed by atoms with Crippen molar-refractivity contribution in [3.63, 3.8) is 0 Å². The van der Waals surface area contributed by atoms with Crippen LogP contribution in [0.1, 0.15) is 56.8 Å². The lowest BCUT2D eigenvalue weighted by Gasteiger charge is -2.26. The molecule has 1 saturated carbocycles. The summed E-state index contributed by atoms with van der Waals surface area (Å²) in [6.45, 7) is 7.74. The minimum absolute atomic E-state index is 0.0218. The second-order valence-electron chi connectivity index (χ2n) is 9.29. The third-order valence-electron chi connectivity index (χ3n) is 5.42. The smallest absolute Gasteiger partial charge is 0.410 e. The number of hydrogen-bond donors (Lipinski definition) is 1. The second kappa shape index (κ2) is 9.33. The van der Waals surface area contributed by atoms with Crippen molar-refractivity contribution in [1.82, 2.24) is 15.4 Å². The Morgan fingerprint density at radius 3 is 2.50 bits per heavy atom. The van der Waals surface area contributed by atoms with Gasteiger partial charge in [-0.2, -0.15) is 0 Å². The molecule has 3 rings (SSSR count). The first-order valence-corrected chi connectivity index (χ1v) is 10.7. The van der Waals surface area contributed by atoms with Crippen LogP contribution in [0.5, 0.6) is 0 Å². The van der Waals surface area contributed by atoms with Crippen molar-refractivity contribution in [3.8, 4) is 0 Å². The van der Waals surface area contributed by atoms with Gasteiger partial charge < -0.3 is 29.0 Å². The van der Waals surface area contributed by atoms with E-state index in [0.29, 0.717) is 13.1 Å². The third-order valence-corrected chi connectivity index (χ3v) is 5.42. The minimum atomic E-state index is -1.56. The molecule has 2 amide bonds. The quantitative estimate of drug-likeness (QED) is 0.513. The Morgan fingerprint density at radius 2 is 1.91 bits per heavy atom. The molecule has 178 valence electrons. The van der Waals surface area contributed by atoms with Crippen LogP contribution >= 0.6 is 0 Å². The van der Waals surface area contributed by atoms with Crippen molar-refractivity contribution in [2.45, 2.75) is 58.4 Å². The molecule has 10 nitrogen and oxygen atoms in total. The van der Waals surface area contributed by atoms with E-state index in [9.17, 15) is 14.4 Å². The van der Waals surface area contributed by atoms with Crippen LogP contribution in [-0.2, 0) is 20.8 Å². The SMILES string of the molecule is CCOC(=O)c1cc(COC(=O)NCC2(F)C[C@H]3CN(C(=O)OC(C)(C)C)C[C@H]3C2)on1. The Labute approximate surface area is 185 Å². The number of hydrogen-bond acceptors (Lipinski definition) is 8. The van der Waals surface area contributed by atoms with Crippen LogP contribution in [0.15, 0.2) is 10.6 Å². The predicted molar refractivity (Wildman–Crippen MR) is 109 cm³/mol. The molecule has 0 radical (unpaired) electrons. The summed E-state index contributed by atoms with van der Waals surface area (Å²) in [6, 6.07) is 1.32. The van der Waals surface area contributed by atoms with E-state index in [2.05, 4.69) is 10.5 Å². The maximum Gasteiger partial charge on any atom is 0.410 e. The largest absolute Gasteiger partial charge is 0.461 e. The fraction of sp³-hybridized carbons (Fsp3) is 0.714. The highest BCUT2D eigenvalue weighted by atomic mass is 19.1. The maximum absolute atomic E-state index is 15.2. The van der Waals surface area contributed by atoms with E-state index in [4.69, 9.17) is 18.7 Å². The maximum atomic E-state index is 15.2. The van der Waals surface area contributed by atoms with E-state index in [-0.39, 0.29) is 62.0 Å². The zero-order chi connectivity index (χ0) is 23.5. The molecule has 1 unspecified atom stereocenters. The van der Waals surface area contributed by atoms with Crippen molar-refractivity contribution >= 4 is 18.2 Å². The van der Waals surface area contributed by atoms with E-state index < -0.39 is 23.3 Å². The lowest BCUT2D eigenvalue weighted by molar-refractivity contribution is 0.0263. The van der Waals surface area contributed by atoms with Crippen LogP contribution in [0, 0.1) is 11.8 Å². The molecule has 32 heavy (non-hydrogen) atoms. The Morgan fingerprint density at radius 1 is 1.25 bits per heavy atom. The molecule has 0 aromatic carbocycles. The summed E-state index contributed by atoms with van der Waals surface area (Å²) in [7, 11) is 0. The average Bonchev–Trinajstić information content (AvgIpc) is 3.37. The van der Waals surface area contributed by atoms with Crippen LogP contribution in [0.3, 0.4) is 0 Å². The molecule has 11 heteroatoms. The molecule has 2 aliphatic rings. The number of likely N-dealkylation sites (tertiary alicyclic amines) is 1. The zero-order valence-electron chi connectivity index (χ0n) is 18.8. The topological polar surface area (TPSA) is 120 Å². The van der Waals surface area contributed by atoms with Gasteiger partial charge in [-0.25, -0.2) is 18.8 Å². The van der Waals surface area contributed by atoms with Crippen LogP contribution < -0.4 is 5.32 Å². The van der Waals surface area contributed by atoms with Gasteiger partial charge in [-0.3, -0.25) is 0 Å². The van der Waals surface area contributed by atoms with Gasteiger partial charge in [-0.05, 0) is 52.4 Å². The Kier molecular flexibility index (Phi) is 6.94. The van der Waals surface area contributed by atoms with E-state index in [1.807, 2.05) is 0 Å². The monoisotopic (exact) mass is 455 g/mol. The number of esters is 1. The molecular weight excluding hydrogens is 425 g/mol. The first-order valence-electron chi connectivity index (χ1n) is 10.7. The first kappa shape index (κ1) is 23.8. The van der Waals surface area contributed by atoms with Crippen LogP contribution in [0.25, 0.3) is 0 Å². The molecule has 2 fully saturated rings. The molecule has 1 aliphatic heterocycles. The molecule has 1 aromatic heterocycles. The van der Waals surface area contributed by atoms with Crippen molar-refractivity contribution in [2.75, 3.05) is 26.2 Å². The van der Waals surface area contributed by atoms with Gasteiger partial charge in [0.25, 0.3) is 0 Å². The van der Waals surface area contributed by atoms with Crippen molar-refractivity contribution < 1.29 is 37.5 Å². The van der Waals surface area contributed by atoms with E-state index >= 15 is 4.39 Å². The standard InChI is InChI=1S/C21H30FN3O7/c1-5-29-17(26)16-6-15(32-24-16)11-30-18(27)23-12-21(22)7-13-9-25(10-14(13)8-21)19(28)31-20(2,3)4/h6,13-14H,5,7-12H2,1-4H3,(H,23,27)/t13-,14+,21?. The van der Waals surface area contributed by atoms with Gasteiger partial charge in [-0.1, -0.05) is 5.16 Å². The van der Waals surface area contributed by atoms with Gasteiger partial charge in [0.1, 0.15) is 11.3 Å². The number of ether oxygens (including phenoxy) is 3. The fourth-order valence-corrected chi connectivity index (χ4v) is 4.14. The number of aromatic nitrogens is 1. The number of nitrogens with zero attached hydrogens (tertiary/aromatic N) is 2. The molecule has 3 atom stereocenters. The number of alkyl carbamates (subject to hydrolysis) is 1. The van der Waals surface area contributed by atoms with E-state index in [1.165, 1.54) is 6.07 Å². The lowest BCUT2D eigenvalue weighted by Crippen LogP contribution is -2.40. The normalized spacial score (nSPS) is 24.7. The predicted octanol–water partition coefficient (Wildman–Crippen LogP) is 3.06. The first-order chi connectivity index (χ1) is 15.0. The summed E-state index contributed by atoms with van der Waals surface area (Å²) < 4.78 is 35.3. The van der Waals surface area contributed by atoms with Crippen LogP contribution in [-0.4, -0.2) is 65.7 Å². The molecular formula is C21H30FN3O7. The summed E-state index contributed by atoms with van der Waals surface area (Å²) in [5.74, 6) is -0.416. The number of amides is 2. The molecule has 2 heterocycles. The Balaban J connectivity index is 1.40. The molecule has 1 saturated heterocycles. The third kappa shape index (κ3) is 6.10. The van der Waals surface area contributed by atoms with Crippen LogP contribution in [0.2, 0.25) is 0 Å². The fourth-order valence-electron chi connectivity index (χ4n) is 4.14. The van der Waals surface area contributed by atoms with Gasteiger partial charge in [0.05, 0.1) is 13.2 Å². The number of nitrogens with one attached hydrogen (secondary N) is 1. The number of carbonyl (C=O) groups excluding carboxylic acids is 3. The number of alkyl halides is 1. The summed E-state index contributed by atoms with van der Waals surface area (Å²) in [6.07, 6.45) is -0.676. The van der Waals surface area contributed by atoms with Gasteiger partial charge in [0.15, 0.2) is 18.1 Å². The molecule has 1 aliphatic carbocycles. The Hall–Kier alpha value is -2.85. The highest BCUT2D eigenvalue weighted by Crippen LogP contribution is 2.46. The van der Waals surface area contributed by atoms with Gasteiger partial charge in [0, 0.05) is 19.2 Å². The molecule has 0 bridgehead atoms. The molecule has 1 N–H and O–H groups in total. The highest BCUT2D eigenvalue weighted by Gasteiger charge is 2.51. The average molecular weight is 455 g/mol. The van der Waals surface area contributed by atoms with Gasteiger partial charge in [-0.15, -0.1) is 0 Å². The van der Waals surface area contributed by atoms with Crippen LogP contribution in [0.4, 0.5) is 14.0 Å². The number of carbonyl (C=O) groups is 3. The highest BCUT2D eigenvalue weighted by molar-refractivity contribution is 5.87. The number of rotatable bonds is 6. The number of fused-ring (bicyclic) bond motifs is 1. The summed E-state index contributed by atoms with van der Waals surface area (Å²) >= 11 is 0. The van der Waals surface area contributed by atoms with Crippen molar-refractivity contribution in [1.29, 1.82) is 0 Å². The molecule has 0 spiro atoms.